The Morgan fingerprint density at radius 2 is 2.19 bits per heavy atom. The van der Waals surface area contributed by atoms with Crippen molar-refractivity contribution in [3.05, 3.63) is 47.3 Å². The SMILES string of the molecule is CCOC(=O)c1cccc2c1ccc[n+]2[O-]. The zero-order valence-corrected chi connectivity index (χ0v) is 8.84. The number of nitrogens with zero attached hydrogens (tertiary/aromatic N) is 1. The molecule has 1 heterocycles. The zero-order valence-electron chi connectivity index (χ0n) is 8.84. The molecule has 4 heteroatoms. The van der Waals surface area contributed by atoms with E-state index in [1.165, 1.54) is 6.20 Å². The first-order valence-corrected chi connectivity index (χ1v) is 5.02. The average molecular weight is 217 g/mol. The highest BCUT2D eigenvalue weighted by atomic mass is 16.5. The molecule has 0 atom stereocenters. The largest absolute Gasteiger partial charge is 0.618 e. The van der Waals surface area contributed by atoms with E-state index >= 15 is 0 Å². The van der Waals surface area contributed by atoms with Crippen molar-refractivity contribution in [2.45, 2.75) is 6.92 Å². The van der Waals surface area contributed by atoms with E-state index < -0.39 is 5.97 Å². The maximum absolute atomic E-state index is 11.6. The number of rotatable bonds is 2. The average Bonchev–Trinajstić information content (AvgIpc) is 2.29. The van der Waals surface area contributed by atoms with E-state index in [-0.39, 0.29) is 0 Å². The first-order chi connectivity index (χ1) is 7.74. The molecule has 0 fully saturated rings. The summed E-state index contributed by atoms with van der Waals surface area (Å²) in [6.45, 7) is 2.07. The lowest BCUT2D eigenvalue weighted by Crippen LogP contribution is -2.26. The van der Waals surface area contributed by atoms with Crippen molar-refractivity contribution in [2.75, 3.05) is 6.61 Å². The molecule has 2 rings (SSSR count). The third-order valence-corrected chi connectivity index (χ3v) is 2.30. The van der Waals surface area contributed by atoms with Crippen molar-refractivity contribution >= 4 is 16.9 Å². The van der Waals surface area contributed by atoms with Gasteiger partial charge in [0.25, 0.3) is 0 Å². The van der Waals surface area contributed by atoms with Gasteiger partial charge in [0.15, 0.2) is 6.20 Å². The van der Waals surface area contributed by atoms with Crippen molar-refractivity contribution < 1.29 is 14.3 Å². The molecule has 1 aromatic carbocycles. The van der Waals surface area contributed by atoms with Gasteiger partial charge >= 0.3 is 5.97 Å². The highest BCUT2D eigenvalue weighted by Crippen LogP contribution is 2.16. The maximum Gasteiger partial charge on any atom is 0.338 e. The van der Waals surface area contributed by atoms with E-state index in [0.29, 0.717) is 23.1 Å². The minimum atomic E-state index is -0.403. The minimum Gasteiger partial charge on any atom is -0.618 e. The van der Waals surface area contributed by atoms with Crippen LogP contribution in [0.1, 0.15) is 17.3 Å². The van der Waals surface area contributed by atoms with Crippen LogP contribution in [0, 0.1) is 5.21 Å². The van der Waals surface area contributed by atoms with Crippen LogP contribution in [-0.2, 0) is 4.74 Å². The quantitative estimate of drug-likeness (QED) is 0.436. The first-order valence-electron chi connectivity index (χ1n) is 5.02. The minimum absolute atomic E-state index is 0.319. The number of esters is 1. The van der Waals surface area contributed by atoms with Crippen molar-refractivity contribution in [3.63, 3.8) is 0 Å². The van der Waals surface area contributed by atoms with Crippen LogP contribution in [0.3, 0.4) is 0 Å². The summed E-state index contributed by atoms with van der Waals surface area (Å²) in [7, 11) is 0. The normalized spacial score (nSPS) is 10.3. The Kier molecular flexibility index (Phi) is 2.72. The number of carbonyl (C=O) groups excluding carboxylic acids is 1. The number of fused-ring (bicyclic) bond motifs is 1. The topological polar surface area (TPSA) is 53.2 Å². The molecular formula is C12H11NO3. The van der Waals surface area contributed by atoms with E-state index in [1.807, 2.05) is 0 Å². The first kappa shape index (κ1) is 10.4. The van der Waals surface area contributed by atoms with Crippen molar-refractivity contribution in [1.29, 1.82) is 0 Å². The highest BCUT2D eigenvalue weighted by molar-refractivity contribution is 6.02. The van der Waals surface area contributed by atoms with E-state index in [2.05, 4.69) is 0 Å². The molecule has 0 radical (unpaired) electrons. The number of aromatic nitrogens is 1. The van der Waals surface area contributed by atoms with Crippen LogP contribution >= 0.6 is 0 Å². The molecule has 0 amide bonds. The zero-order chi connectivity index (χ0) is 11.5. The van der Waals surface area contributed by atoms with Gasteiger partial charge in [-0.05, 0) is 19.1 Å². The summed E-state index contributed by atoms with van der Waals surface area (Å²) >= 11 is 0. The molecule has 0 N–H and O–H groups in total. The smallest absolute Gasteiger partial charge is 0.338 e. The van der Waals surface area contributed by atoms with Gasteiger partial charge in [0.05, 0.1) is 17.6 Å². The summed E-state index contributed by atoms with van der Waals surface area (Å²) in [5.41, 5.74) is 0.887. The molecule has 0 spiro atoms. The predicted molar refractivity (Wildman–Crippen MR) is 58.9 cm³/mol. The van der Waals surface area contributed by atoms with Crippen molar-refractivity contribution in [2.24, 2.45) is 0 Å². The number of carbonyl (C=O) groups is 1. The molecule has 0 saturated heterocycles. The summed E-state index contributed by atoms with van der Waals surface area (Å²) in [6.07, 6.45) is 1.40. The van der Waals surface area contributed by atoms with Crippen LogP contribution in [0.15, 0.2) is 36.5 Å². The van der Waals surface area contributed by atoms with Crippen molar-refractivity contribution in [3.8, 4) is 0 Å². The molecule has 4 nitrogen and oxygen atoms in total. The Bertz CT molecular complexity index is 537. The second kappa shape index (κ2) is 4.18. The van der Waals surface area contributed by atoms with Gasteiger partial charge in [-0.25, -0.2) is 4.79 Å². The van der Waals surface area contributed by atoms with Gasteiger partial charge in [-0.2, -0.15) is 4.73 Å². The highest BCUT2D eigenvalue weighted by Gasteiger charge is 2.13. The lowest BCUT2D eigenvalue weighted by Gasteiger charge is -2.05. The summed E-state index contributed by atoms with van der Waals surface area (Å²) in [6, 6.07) is 8.34. The Labute approximate surface area is 92.7 Å². The van der Waals surface area contributed by atoms with Gasteiger partial charge < -0.3 is 9.94 Å². The van der Waals surface area contributed by atoms with Gasteiger partial charge in [0.1, 0.15) is 0 Å². The molecule has 0 aliphatic heterocycles. The summed E-state index contributed by atoms with van der Waals surface area (Å²) in [5.74, 6) is -0.403. The fourth-order valence-corrected chi connectivity index (χ4v) is 1.60. The van der Waals surface area contributed by atoms with Gasteiger partial charge in [0, 0.05) is 12.1 Å². The molecule has 0 bridgehead atoms. The molecule has 16 heavy (non-hydrogen) atoms. The summed E-state index contributed by atoms with van der Waals surface area (Å²) in [5, 5.41) is 12.1. The Morgan fingerprint density at radius 1 is 1.38 bits per heavy atom. The third-order valence-electron chi connectivity index (χ3n) is 2.30. The summed E-state index contributed by atoms with van der Waals surface area (Å²) in [4.78, 5) is 11.6. The fourth-order valence-electron chi connectivity index (χ4n) is 1.60. The molecular weight excluding hydrogens is 206 g/mol. The third kappa shape index (κ3) is 1.69. The molecule has 0 saturated carbocycles. The fraction of sp³-hybridized carbons (Fsp3) is 0.167. The predicted octanol–water partition coefficient (Wildman–Crippen LogP) is 1.65. The molecule has 0 aliphatic rings. The molecule has 0 unspecified atom stereocenters. The Balaban J connectivity index is 2.62. The second-order valence-corrected chi connectivity index (χ2v) is 3.29. The standard InChI is InChI=1S/C12H11NO3/c1-2-16-12(14)10-5-3-7-11-9(10)6-4-8-13(11)15/h3-8H,2H2,1H3. The van der Waals surface area contributed by atoms with Crippen LogP contribution in [0.4, 0.5) is 0 Å². The summed E-state index contributed by atoms with van der Waals surface area (Å²) < 4.78 is 5.66. The Morgan fingerprint density at radius 3 is 2.94 bits per heavy atom. The van der Waals surface area contributed by atoms with Crippen LogP contribution in [0.5, 0.6) is 0 Å². The number of pyridine rings is 1. The van der Waals surface area contributed by atoms with Gasteiger partial charge in [0.2, 0.25) is 5.52 Å². The molecule has 2 aromatic rings. The number of hydrogen-bond donors (Lipinski definition) is 0. The van der Waals surface area contributed by atoms with Gasteiger partial charge in [-0.15, -0.1) is 0 Å². The maximum atomic E-state index is 11.6. The van der Waals surface area contributed by atoms with E-state index in [1.54, 1.807) is 37.3 Å². The Hall–Kier alpha value is -2.10. The van der Waals surface area contributed by atoms with Crippen LogP contribution < -0.4 is 4.73 Å². The van der Waals surface area contributed by atoms with E-state index in [9.17, 15) is 10.0 Å². The van der Waals surface area contributed by atoms with Gasteiger partial charge in [-0.3, -0.25) is 0 Å². The second-order valence-electron chi connectivity index (χ2n) is 3.29. The number of ether oxygens (including phenoxy) is 1. The van der Waals surface area contributed by atoms with E-state index in [4.69, 9.17) is 4.74 Å². The lowest BCUT2D eigenvalue weighted by atomic mass is 10.1. The molecule has 1 aromatic heterocycles. The van der Waals surface area contributed by atoms with Crippen molar-refractivity contribution in [1.82, 2.24) is 0 Å². The van der Waals surface area contributed by atoms with Gasteiger partial charge in [-0.1, -0.05) is 6.07 Å². The number of benzene rings is 1. The van der Waals surface area contributed by atoms with E-state index in [0.717, 1.165) is 4.73 Å². The number of hydrogen-bond acceptors (Lipinski definition) is 3. The molecule has 0 aliphatic carbocycles. The van der Waals surface area contributed by atoms with Crippen LogP contribution in [0.2, 0.25) is 0 Å². The van der Waals surface area contributed by atoms with Crippen LogP contribution in [0.25, 0.3) is 10.9 Å². The monoisotopic (exact) mass is 217 g/mol. The molecule has 82 valence electrons. The lowest BCUT2D eigenvalue weighted by molar-refractivity contribution is -0.577. The van der Waals surface area contributed by atoms with Crippen LogP contribution in [-0.4, -0.2) is 12.6 Å².